The lowest BCUT2D eigenvalue weighted by Gasteiger charge is -2.33. The van der Waals surface area contributed by atoms with E-state index in [1.807, 2.05) is 0 Å². The number of ether oxygens (including phenoxy) is 1. The van der Waals surface area contributed by atoms with Crippen molar-refractivity contribution in [2.45, 2.75) is 26.4 Å². The van der Waals surface area contributed by atoms with Gasteiger partial charge in [-0.3, -0.25) is 18.8 Å². The van der Waals surface area contributed by atoms with Crippen LogP contribution in [0.5, 0.6) is 0 Å². The molecule has 0 aliphatic carbocycles. The summed E-state index contributed by atoms with van der Waals surface area (Å²) in [4.78, 5) is 45.3. The molecule has 0 spiro atoms. The van der Waals surface area contributed by atoms with Crippen LogP contribution in [0.2, 0.25) is 0 Å². The molecule has 3 rings (SSSR count). The van der Waals surface area contributed by atoms with E-state index in [4.69, 9.17) is 4.74 Å². The van der Waals surface area contributed by atoms with Gasteiger partial charge in [-0.2, -0.15) is 0 Å². The molecule has 11 heteroatoms. The number of nitrogens with zero attached hydrogens (tertiary/aromatic N) is 6. The molecular weight excluding hydrogens is 380 g/mol. The van der Waals surface area contributed by atoms with Crippen LogP contribution in [-0.2, 0) is 31.9 Å². The second-order valence-corrected chi connectivity index (χ2v) is 7.10. The molecule has 1 fully saturated rings. The van der Waals surface area contributed by atoms with E-state index in [2.05, 4.69) is 9.88 Å². The normalized spacial score (nSPS) is 15.2. The van der Waals surface area contributed by atoms with Gasteiger partial charge in [0, 0.05) is 53.4 Å². The maximum atomic E-state index is 12.7. The number of carbonyl (C=O) groups excluding carboxylic acids is 1. The molecule has 11 nitrogen and oxygen atoms in total. The molecule has 1 saturated heterocycles. The Hall–Kier alpha value is -2.66. The average molecular weight is 408 g/mol. The highest BCUT2D eigenvalue weighted by Crippen LogP contribution is 2.15. The second-order valence-electron chi connectivity index (χ2n) is 7.10. The third-order valence-electron chi connectivity index (χ3n) is 5.23. The number of aliphatic hydroxyl groups is 1. The van der Waals surface area contributed by atoms with Gasteiger partial charge in [-0.05, 0) is 13.3 Å². The van der Waals surface area contributed by atoms with Gasteiger partial charge in [0.2, 0.25) is 0 Å². The predicted octanol–water partition coefficient (Wildman–Crippen LogP) is -0.910. The van der Waals surface area contributed by atoms with Gasteiger partial charge < -0.3 is 19.3 Å². The molecule has 2 aromatic heterocycles. The monoisotopic (exact) mass is 408 g/mol. The molecule has 0 radical (unpaired) electrons. The van der Waals surface area contributed by atoms with Gasteiger partial charge in [-0.25, -0.2) is 14.6 Å². The summed E-state index contributed by atoms with van der Waals surface area (Å²) in [6.45, 7) is 5.43. The van der Waals surface area contributed by atoms with Crippen molar-refractivity contribution in [2.24, 2.45) is 14.1 Å². The minimum atomic E-state index is -0.427. The number of aliphatic hydroxyl groups excluding tert-OH is 1. The van der Waals surface area contributed by atoms with E-state index in [-0.39, 0.29) is 12.7 Å². The molecule has 1 N–H and O–H groups in total. The molecule has 1 amide bonds. The summed E-state index contributed by atoms with van der Waals surface area (Å²) in [5, 5.41) is 9.26. The number of rotatable bonds is 6. The van der Waals surface area contributed by atoms with Crippen molar-refractivity contribution >= 4 is 17.3 Å². The number of fused-ring (bicyclic) bond motifs is 1. The number of carbonyl (C=O) groups is 1. The Morgan fingerprint density at radius 1 is 1.14 bits per heavy atom. The standard InChI is InChI=1S/C18H28N6O5/c1-4-29-18(28)23-9-7-22(8-10-23)12-13-19-15-14(24(13)6-5-11-25)16(26)21(3)17(27)20(15)2/h25H,4-12H2,1-3H3. The summed E-state index contributed by atoms with van der Waals surface area (Å²) in [6.07, 6.45) is 0.169. The Bertz CT molecular complexity index is 999. The van der Waals surface area contributed by atoms with Crippen molar-refractivity contribution in [3.8, 4) is 0 Å². The Morgan fingerprint density at radius 2 is 1.83 bits per heavy atom. The molecule has 1 aliphatic heterocycles. The Morgan fingerprint density at radius 3 is 2.45 bits per heavy atom. The van der Waals surface area contributed by atoms with Crippen molar-refractivity contribution in [1.82, 2.24) is 28.5 Å². The van der Waals surface area contributed by atoms with E-state index >= 15 is 0 Å². The molecule has 2 aromatic rings. The van der Waals surface area contributed by atoms with Gasteiger partial charge in [0.15, 0.2) is 11.2 Å². The van der Waals surface area contributed by atoms with Gasteiger partial charge >= 0.3 is 11.8 Å². The summed E-state index contributed by atoms with van der Waals surface area (Å²) in [5.41, 5.74) is -0.116. The van der Waals surface area contributed by atoms with E-state index < -0.39 is 11.2 Å². The Balaban J connectivity index is 1.89. The fourth-order valence-electron chi connectivity index (χ4n) is 3.59. The minimum Gasteiger partial charge on any atom is -0.450 e. The molecule has 0 unspecified atom stereocenters. The lowest BCUT2D eigenvalue weighted by atomic mass is 10.3. The molecule has 0 saturated carbocycles. The third kappa shape index (κ3) is 4.06. The lowest BCUT2D eigenvalue weighted by molar-refractivity contribution is 0.0769. The first-order valence-corrected chi connectivity index (χ1v) is 9.79. The highest BCUT2D eigenvalue weighted by Gasteiger charge is 2.25. The number of hydrogen-bond acceptors (Lipinski definition) is 7. The second kappa shape index (κ2) is 8.78. The lowest BCUT2D eigenvalue weighted by Crippen LogP contribution is -2.48. The number of hydrogen-bond donors (Lipinski definition) is 1. The first-order valence-electron chi connectivity index (χ1n) is 9.79. The molecule has 160 valence electrons. The largest absolute Gasteiger partial charge is 0.450 e. The van der Waals surface area contributed by atoms with E-state index in [1.165, 1.54) is 11.6 Å². The van der Waals surface area contributed by atoms with Gasteiger partial charge in [-0.15, -0.1) is 0 Å². The zero-order valence-corrected chi connectivity index (χ0v) is 17.1. The number of aromatic nitrogens is 4. The van der Waals surface area contributed by atoms with Crippen molar-refractivity contribution < 1.29 is 14.6 Å². The van der Waals surface area contributed by atoms with Crippen LogP contribution in [0.3, 0.4) is 0 Å². The van der Waals surface area contributed by atoms with Crippen LogP contribution in [0.15, 0.2) is 9.59 Å². The van der Waals surface area contributed by atoms with Crippen molar-refractivity contribution in [1.29, 1.82) is 0 Å². The van der Waals surface area contributed by atoms with Crippen molar-refractivity contribution in [2.75, 3.05) is 39.4 Å². The van der Waals surface area contributed by atoms with Gasteiger partial charge in [0.25, 0.3) is 5.56 Å². The molecule has 1 aliphatic rings. The maximum absolute atomic E-state index is 12.7. The molecule has 29 heavy (non-hydrogen) atoms. The SMILES string of the molecule is CCOC(=O)N1CCN(Cc2nc3c(c(=O)n(C)c(=O)n3C)n2CCCO)CC1. The van der Waals surface area contributed by atoms with Crippen LogP contribution in [-0.4, -0.2) is 79.1 Å². The van der Waals surface area contributed by atoms with Gasteiger partial charge in [0.1, 0.15) is 5.82 Å². The molecule has 3 heterocycles. The summed E-state index contributed by atoms with van der Waals surface area (Å²) in [5.74, 6) is 0.663. The predicted molar refractivity (Wildman–Crippen MR) is 106 cm³/mol. The number of piperazine rings is 1. The Labute approximate surface area is 167 Å². The summed E-state index contributed by atoms with van der Waals surface area (Å²) >= 11 is 0. The van der Waals surface area contributed by atoms with Crippen LogP contribution < -0.4 is 11.2 Å². The van der Waals surface area contributed by atoms with E-state index in [1.54, 1.807) is 23.4 Å². The first kappa shape index (κ1) is 21.1. The summed E-state index contributed by atoms with van der Waals surface area (Å²) < 4.78 is 9.28. The molecular formula is C18H28N6O5. The maximum Gasteiger partial charge on any atom is 0.409 e. The minimum absolute atomic E-state index is 0.0105. The third-order valence-corrected chi connectivity index (χ3v) is 5.23. The smallest absolute Gasteiger partial charge is 0.409 e. The first-order chi connectivity index (χ1) is 13.9. The zero-order chi connectivity index (χ0) is 21.1. The van der Waals surface area contributed by atoms with Crippen molar-refractivity contribution in [3.05, 3.63) is 26.7 Å². The fourth-order valence-corrected chi connectivity index (χ4v) is 3.59. The average Bonchev–Trinajstić information content (AvgIpc) is 3.08. The van der Waals surface area contributed by atoms with Crippen LogP contribution in [0.1, 0.15) is 19.2 Å². The fraction of sp³-hybridized carbons (Fsp3) is 0.667. The quantitative estimate of drug-likeness (QED) is 0.658. The Kier molecular flexibility index (Phi) is 6.38. The van der Waals surface area contributed by atoms with Crippen LogP contribution in [0.25, 0.3) is 11.2 Å². The molecule has 0 atom stereocenters. The number of amides is 1. The molecule has 0 bridgehead atoms. The topological polar surface area (TPSA) is 115 Å². The van der Waals surface area contributed by atoms with E-state index in [0.717, 1.165) is 4.57 Å². The summed E-state index contributed by atoms with van der Waals surface area (Å²) in [6, 6.07) is 0. The zero-order valence-electron chi connectivity index (χ0n) is 17.1. The van der Waals surface area contributed by atoms with E-state index in [9.17, 15) is 19.5 Å². The number of aryl methyl sites for hydroxylation is 2. The van der Waals surface area contributed by atoms with Crippen molar-refractivity contribution in [3.63, 3.8) is 0 Å². The van der Waals surface area contributed by atoms with Crippen LogP contribution in [0, 0.1) is 0 Å². The molecule has 0 aromatic carbocycles. The van der Waals surface area contributed by atoms with Gasteiger partial charge in [0.05, 0.1) is 13.2 Å². The van der Waals surface area contributed by atoms with Gasteiger partial charge in [-0.1, -0.05) is 0 Å². The highest BCUT2D eigenvalue weighted by molar-refractivity contribution is 5.71. The van der Waals surface area contributed by atoms with E-state index in [0.29, 0.717) is 69.3 Å². The highest BCUT2D eigenvalue weighted by atomic mass is 16.6. The summed E-state index contributed by atoms with van der Waals surface area (Å²) in [7, 11) is 3.04. The van der Waals surface area contributed by atoms with Crippen LogP contribution >= 0.6 is 0 Å². The number of imidazole rings is 1. The van der Waals surface area contributed by atoms with Crippen LogP contribution in [0.4, 0.5) is 4.79 Å².